The Morgan fingerprint density at radius 1 is 0.950 bits per heavy atom. The van der Waals surface area contributed by atoms with Crippen molar-refractivity contribution in [3.8, 4) is 0 Å². The van der Waals surface area contributed by atoms with Gasteiger partial charge in [-0.15, -0.1) is 11.8 Å². The molecule has 0 bridgehead atoms. The van der Waals surface area contributed by atoms with E-state index in [4.69, 9.17) is 4.42 Å². The number of imide groups is 1. The minimum Gasteiger partial charge on any atom is -0.465 e. The maximum Gasteiger partial charge on any atom is 0.272 e. The Hall–Kier alpha value is -4.16. The predicted octanol–water partition coefficient (Wildman–Crippen LogP) is 5.72. The molecule has 2 N–H and O–H groups in total. The number of amides is 4. The number of carbonyl (C=O) groups excluding carboxylic acids is 4. The molecular weight excluding hydrogens is 641 g/mol. The zero-order valence-corrected chi connectivity index (χ0v) is 23.8. The Kier molecular flexibility index (Phi) is 8.46. The van der Waals surface area contributed by atoms with Crippen LogP contribution in [0.2, 0.25) is 0 Å². The smallest absolute Gasteiger partial charge is 0.272 e. The highest BCUT2D eigenvalue weighted by Gasteiger charge is 2.40. The van der Waals surface area contributed by atoms with Gasteiger partial charge in [0.1, 0.15) is 11.5 Å². The molecule has 0 spiro atoms. The van der Waals surface area contributed by atoms with Crippen molar-refractivity contribution < 1.29 is 23.6 Å². The van der Waals surface area contributed by atoms with Gasteiger partial charge in [-0.05, 0) is 89.3 Å². The zero-order valence-electron chi connectivity index (χ0n) is 20.9. The average Bonchev–Trinajstić information content (AvgIpc) is 3.56. The van der Waals surface area contributed by atoms with Gasteiger partial charge in [0.25, 0.3) is 11.8 Å². The largest absolute Gasteiger partial charge is 0.465 e. The number of benzene rings is 3. The van der Waals surface area contributed by atoms with Gasteiger partial charge in [0.15, 0.2) is 0 Å². The lowest BCUT2D eigenvalue weighted by atomic mass is 10.2. The third kappa shape index (κ3) is 6.52. The Balaban J connectivity index is 1.30. The van der Waals surface area contributed by atoms with E-state index in [0.29, 0.717) is 27.6 Å². The maximum absolute atomic E-state index is 13.2. The summed E-state index contributed by atoms with van der Waals surface area (Å²) in [7, 11) is 0. The van der Waals surface area contributed by atoms with E-state index in [1.165, 1.54) is 29.0 Å². The lowest BCUT2D eigenvalue weighted by Gasteiger charge is -2.15. The van der Waals surface area contributed by atoms with Gasteiger partial charge in [-0.2, -0.15) is 0 Å². The van der Waals surface area contributed by atoms with Gasteiger partial charge in [0.2, 0.25) is 11.8 Å². The molecule has 1 aliphatic rings. The first kappa shape index (κ1) is 27.4. The first-order valence-electron chi connectivity index (χ1n) is 12.2. The van der Waals surface area contributed by atoms with Crippen molar-refractivity contribution in [1.82, 2.24) is 5.32 Å². The quantitative estimate of drug-likeness (QED) is 0.142. The predicted molar refractivity (Wildman–Crippen MR) is 162 cm³/mol. The highest BCUT2D eigenvalue weighted by molar-refractivity contribution is 14.1. The van der Waals surface area contributed by atoms with E-state index in [9.17, 15) is 19.2 Å². The molecule has 1 fully saturated rings. The minimum atomic E-state index is -0.586. The SMILES string of the molecule is O=C(Nc1cccc(S[C@@H]2CC(=O)N(c3ccc(I)cc3)C2=O)c1)/C(=C/c1ccco1)NC(=O)c1ccccc1. The van der Waals surface area contributed by atoms with Crippen molar-refractivity contribution in [2.45, 2.75) is 16.6 Å². The molecule has 5 rings (SSSR count). The number of hydrogen-bond acceptors (Lipinski definition) is 6. The Morgan fingerprint density at radius 3 is 2.45 bits per heavy atom. The van der Waals surface area contributed by atoms with Crippen LogP contribution in [0, 0.1) is 3.57 Å². The molecule has 40 heavy (non-hydrogen) atoms. The lowest BCUT2D eigenvalue weighted by molar-refractivity contribution is -0.121. The summed E-state index contributed by atoms with van der Waals surface area (Å²) in [5, 5.41) is 4.87. The van der Waals surface area contributed by atoms with Crippen molar-refractivity contribution in [2.24, 2.45) is 0 Å². The second-order valence-corrected chi connectivity index (χ2v) is 11.3. The number of halogens is 1. The van der Waals surface area contributed by atoms with E-state index in [1.54, 1.807) is 72.8 Å². The number of rotatable bonds is 8. The summed E-state index contributed by atoms with van der Waals surface area (Å²) < 4.78 is 6.34. The van der Waals surface area contributed by atoms with Crippen LogP contribution in [-0.4, -0.2) is 28.9 Å². The molecule has 1 aromatic heterocycles. The van der Waals surface area contributed by atoms with Gasteiger partial charge < -0.3 is 15.1 Å². The van der Waals surface area contributed by atoms with Crippen LogP contribution in [0.1, 0.15) is 22.5 Å². The van der Waals surface area contributed by atoms with E-state index in [-0.39, 0.29) is 23.9 Å². The van der Waals surface area contributed by atoms with Gasteiger partial charge in [-0.1, -0.05) is 24.3 Å². The number of thioether (sulfide) groups is 1. The van der Waals surface area contributed by atoms with Crippen molar-refractivity contribution in [2.75, 3.05) is 10.2 Å². The third-order valence-electron chi connectivity index (χ3n) is 5.92. The zero-order chi connectivity index (χ0) is 28.1. The number of hydrogen-bond donors (Lipinski definition) is 2. The summed E-state index contributed by atoms with van der Waals surface area (Å²) in [5.41, 5.74) is 1.40. The van der Waals surface area contributed by atoms with Crippen molar-refractivity contribution in [3.63, 3.8) is 0 Å². The summed E-state index contributed by atoms with van der Waals surface area (Å²) in [6.45, 7) is 0. The molecule has 0 unspecified atom stereocenters. The van der Waals surface area contributed by atoms with Gasteiger partial charge in [0, 0.05) is 32.2 Å². The number of anilines is 2. The van der Waals surface area contributed by atoms with Gasteiger partial charge >= 0.3 is 0 Å². The molecule has 4 aromatic rings. The molecule has 200 valence electrons. The van der Waals surface area contributed by atoms with Gasteiger partial charge in [-0.25, -0.2) is 4.90 Å². The Morgan fingerprint density at radius 2 is 1.73 bits per heavy atom. The van der Waals surface area contributed by atoms with Crippen LogP contribution in [0.4, 0.5) is 11.4 Å². The molecule has 3 aromatic carbocycles. The first-order valence-corrected chi connectivity index (χ1v) is 14.2. The van der Waals surface area contributed by atoms with Crippen LogP contribution in [0.3, 0.4) is 0 Å². The standard InChI is InChI=1S/C30H22IN3O5S/c31-20-11-13-22(14-12-20)34-27(35)18-26(30(34)38)40-24-10-4-8-21(16-24)32-29(37)25(17-23-9-5-15-39-23)33-28(36)19-6-2-1-3-7-19/h1-17,26H,18H2,(H,32,37)(H,33,36)/b25-17-/t26-/m1/s1. The van der Waals surface area contributed by atoms with E-state index in [0.717, 1.165) is 3.57 Å². The second-order valence-electron chi connectivity index (χ2n) is 8.73. The van der Waals surface area contributed by atoms with Crippen LogP contribution >= 0.6 is 34.4 Å². The summed E-state index contributed by atoms with van der Waals surface area (Å²) in [6.07, 6.45) is 2.99. The van der Waals surface area contributed by atoms with Gasteiger partial charge in [-0.3, -0.25) is 19.2 Å². The fraction of sp³-hybridized carbons (Fsp3) is 0.0667. The van der Waals surface area contributed by atoms with Crippen LogP contribution in [-0.2, 0) is 14.4 Å². The fourth-order valence-electron chi connectivity index (χ4n) is 4.03. The normalized spacial score (nSPS) is 15.3. The molecular formula is C30H22IN3O5S. The topological polar surface area (TPSA) is 109 Å². The molecule has 0 radical (unpaired) electrons. The first-order chi connectivity index (χ1) is 19.4. The number of nitrogens with one attached hydrogen (secondary N) is 2. The van der Waals surface area contributed by atoms with Crippen LogP contribution in [0.5, 0.6) is 0 Å². The Labute approximate surface area is 248 Å². The van der Waals surface area contributed by atoms with E-state index >= 15 is 0 Å². The average molecular weight is 663 g/mol. The van der Waals surface area contributed by atoms with E-state index in [1.807, 2.05) is 18.2 Å². The molecule has 4 amide bonds. The van der Waals surface area contributed by atoms with E-state index in [2.05, 4.69) is 33.2 Å². The minimum absolute atomic E-state index is 0.00779. The highest BCUT2D eigenvalue weighted by Crippen LogP contribution is 2.35. The Bertz CT molecular complexity index is 1590. The number of nitrogens with zero attached hydrogens (tertiary/aromatic N) is 1. The highest BCUT2D eigenvalue weighted by atomic mass is 127. The molecule has 0 saturated carbocycles. The summed E-state index contributed by atoms with van der Waals surface area (Å²) in [5.74, 6) is -1.14. The number of carbonyl (C=O) groups is 4. The molecule has 8 nitrogen and oxygen atoms in total. The third-order valence-corrected chi connectivity index (χ3v) is 7.82. The molecule has 2 heterocycles. The molecule has 1 saturated heterocycles. The molecule has 10 heteroatoms. The lowest BCUT2D eigenvalue weighted by Crippen LogP contribution is -2.31. The summed E-state index contributed by atoms with van der Waals surface area (Å²) >= 11 is 3.43. The fourth-order valence-corrected chi connectivity index (χ4v) is 5.50. The number of furan rings is 1. The molecule has 1 atom stereocenters. The van der Waals surface area contributed by atoms with Crippen molar-refractivity contribution >= 4 is 75.4 Å². The summed E-state index contributed by atoms with van der Waals surface area (Å²) in [4.78, 5) is 53.7. The molecule has 1 aliphatic heterocycles. The van der Waals surface area contributed by atoms with Crippen LogP contribution < -0.4 is 15.5 Å². The molecule has 0 aliphatic carbocycles. The second kappa shape index (κ2) is 12.3. The monoisotopic (exact) mass is 663 g/mol. The van der Waals surface area contributed by atoms with Crippen LogP contribution in [0.15, 0.2) is 112 Å². The summed E-state index contributed by atoms with van der Waals surface area (Å²) in [6, 6.07) is 26.1. The van der Waals surface area contributed by atoms with E-state index < -0.39 is 17.1 Å². The van der Waals surface area contributed by atoms with Gasteiger partial charge in [0.05, 0.1) is 17.2 Å². The van der Waals surface area contributed by atoms with Crippen molar-refractivity contribution in [1.29, 1.82) is 0 Å². The van der Waals surface area contributed by atoms with Crippen molar-refractivity contribution in [3.05, 3.63) is 118 Å². The van der Waals surface area contributed by atoms with Crippen LogP contribution in [0.25, 0.3) is 6.08 Å². The maximum atomic E-state index is 13.2.